The molecule has 1 rings (SSSR count). The van der Waals surface area contributed by atoms with Crippen molar-refractivity contribution >= 4 is 17.5 Å². The molecular formula is C12H19ClF3NO. The third kappa shape index (κ3) is 4.34. The molecule has 1 unspecified atom stereocenters. The first-order valence-electron chi connectivity index (χ1n) is 6.31. The maximum Gasteiger partial charge on any atom is 0.391 e. The maximum absolute atomic E-state index is 12.5. The van der Waals surface area contributed by atoms with Crippen molar-refractivity contribution in [1.82, 2.24) is 5.32 Å². The van der Waals surface area contributed by atoms with E-state index in [1.807, 2.05) is 6.92 Å². The largest absolute Gasteiger partial charge is 0.391 e. The average molecular weight is 286 g/mol. The Balaban J connectivity index is 2.41. The van der Waals surface area contributed by atoms with E-state index in [-0.39, 0.29) is 30.7 Å². The fraction of sp³-hybridized carbons (Fsp3) is 0.917. The summed E-state index contributed by atoms with van der Waals surface area (Å²) in [6.07, 6.45) is -2.65. The Labute approximate surface area is 110 Å². The van der Waals surface area contributed by atoms with Crippen LogP contribution in [0, 0.1) is 11.8 Å². The minimum Gasteiger partial charge on any atom is -0.352 e. The van der Waals surface area contributed by atoms with Gasteiger partial charge in [-0.3, -0.25) is 4.79 Å². The van der Waals surface area contributed by atoms with Gasteiger partial charge in [0, 0.05) is 17.8 Å². The van der Waals surface area contributed by atoms with E-state index in [9.17, 15) is 18.0 Å². The van der Waals surface area contributed by atoms with Gasteiger partial charge in [0.25, 0.3) is 0 Å². The Morgan fingerprint density at radius 3 is 2.28 bits per heavy atom. The lowest BCUT2D eigenvalue weighted by molar-refractivity contribution is -0.184. The van der Waals surface area contributed by atoms with Crippen LogP contribution in [0.1, 0.15) is 39.0 Å². The van der Waals surface area contributed by atoms with E-state index >= 15 is 0 Å². The van der Waals surface area contributed by atoms with Gasteiger partial charge in [0.05, 0.1) is 5.92 Å². The molecule has 18 heavy (non-hydrogen) atoms. The van der Waals surface area contributed by atoms with Crippen LogP contribution in [0.15, 0.2) is 0 Å². The number of amides is 1. The van der Waals surface area contributed by atoms with Crippen LogP contribution in [-0.2, 0) is 4.79 Å². The van der Waals surface area contributed by atoms with Gasteiger partial charge in [-0.2, -0.15) is 13.2 Å². The van der Waals surface area contributed by atoms with Crippen molar-refractivity contribution in [2.75, 3.05) is 5.88 Å². The molecule has 1 amide bonds. The third-order valence-electron chi connectivity index (χ3n) is 3.59. The number of carbonyl (C=O) groups excluding carboxylic acids is 1. The molecule has 1 aliphatic rings. The molecule has 0 aromatic heterocycles. The van der Waals surface area contributed by atoms with E-state index in [2.05, 4.69) is 5.32 Å². The van der Waals surface area contributed by atoms with Crippen LogP contribution in [0.2, 0.25) is 0 Å². The molecule has 0 spiro atoms. The van der Waals surface area contributed by atoms with Crippen LogP contribution >= 0.6 is 11.6 Å². The Morgan fingerprint density at radius 2 is 1.89 bits per heavy atom. The zero-order valence-corrected chi connectivity index (χ0v) is 11.2. The van der Waals surface area contributed by atoms with Crippen molar-refractivity contribution in [2.45, 2.75) is 51.2 Å². The van der Waals surface area contributed by atoms with Crippen LogP contribution in [0.3, 0.4) is 0 Å². The lowest BCUT2D eigenvalue weighted by Gasteiger charge is -2.29. The molecule has 1 fully saturated rings. The lowest BCUT2D eigenvalue weighted by Crippen LogP contribution is -2.41. The second-order valence-corrected chi connectivity index (χ2v) is 5.17. The summed E-state index contributed by atoms with van der Waals surface area (Å²) in [7, 11) is 0. The first-order valence-corrected chi connectivity index (χ1v) is 6.85. The molecule has 1 N–H and O–H groups in total. The predicted octanol–water partition coefficient (Wildman–Crippen LogP) is 3.49. The monoisotopic (exact) mass is 285 g/mol. The number of rotatable bonds is 4. The summed E-state index contributed by atoms with van der Waals surface area (Å²) in [5.74, 6) is -1.35. The van der Waals surface area contributed by atoms with Crippen LogP contribution in [0.5, 0.6) is 0 Å². The Kier molecular flexibility index (Phi) is 5.76. The van der Waals surface area contributed by atoms with Gasteiger partial charge in [0.1, 0.15) is 0 Å². The highest BCUT2D eigenvalue weighted by Gasteiger charge is 2.42. The molecule has 1 saturated carbocycles. The number of alkyl halides is 4. The van der Waals surface area contributed by atoms with Gasteiger partial charge < -0.3 is 5.32 Å². The number of carbonyl (C=O) groups is 1. The van der Waals surface area contributed by atoms with Crippen molar-refractivity contribution in [3.05, 3.63) is 0 Å². The molecule has 2 nitrogen and oxygen atoms in total. The van der Waals surface area contributed by atoms with E-state index in [1.54, 1.807) is 0 Å². The lowest BCUT2D eigenvalue weighted by atomic mass is 9.81. The van der Waals surface area contributed by atoms with Crippen molar-refractivity contribution < 1.29 is 18.0 Å². The fourth-order valence-corrected chi connectivity index (χ4v) is 2.55. The SMILES string of the molecule is CCC(CCl)NC(=O)C1CCC(C(F)(F)F)CC1. The summed E-state index contributed by atoms with van der Waals surface area (Å²) in [5, 5.41) is 2.79. The Morgan fingerprint density at radius 1 is 1.33 bits per heavy atom. The topological polar surface area (TPSA) is 29.1 Å². The number of hydrogen-bond acceptors (Lipinski definition) is 1. The highest BCUT2D eigenvalue weighted by atomic mass is 35.5. The third-order valence-corrected chi connectivity index (χ3v) is 3.96. The normalized spacial score (nSPS) is 26.7. The predicted molar refractivity (Wildman–Crippen MR) is 64.4 cm³/mol. The minimum atomic E-state index is -4.12. The molecule has 0 aromatic rings. The molecule has 1 atom stereocenters. The van der Waals surface area contributed by atoms with Gasteiger partial charge in [0.15, 0.2) is 0 Å². The van der Waals surface area contributed by atoms with Gasteiger partial charge in [-0.15, -0.1) is 11.6 Å². The smallest absolute Gasteiger partial charge is 0.352 e. The number of nitrogens with one attached hydrogen (secondary N) is 1. The summed E-state index contributed by atoms with van der Waals surface area (Å²) in [5.41, 5.74) is 0. The van der Waals surface area contributed by atoms with Gasteiger partial charge in [-0.1, -0.05) is 6.92 Å². The molecule has 6 heteroatoms. The van der Waals surface area contributed by atoms with Gasteiger partial charge in [-0.05, 0) is 32.1 Å². The van der Waals surface area contributed by atoms with Crippen molar-refractivity contribution in [2.24, 2.45) is 11.8 Å². The van der Waals surface area contributed by atoms with E-state index < -0.39 is 12.1 Å². The quantitative estimate of drug-likeness (QED) is 0.787. The highest BCUT2D eigenvalue weighted by Crippen LogP contribution is 2.39. The highest BCUT2D eigenvalue weighted by molar-refractivity contribution is 6.18. The van der Waals surface area contributed by atoms with Crippen LogP contribution in [0.25, 0.3) is 0 Å². The van der Waals surface area contributed by atoms with Crippen molar-refractivity contribution in [3.63, 3.8) is 0 Å². The first-order chi connectivity index (χ1) is 8.38. The molecular weight excluding hydrogens is 267 g/mol. The Bertz CT molecular complexity index is 271. The van der Waals surface area contributed by atoms with Crippen molar-refractivity contribution in [1.29, 1.82) is 0 Å². The molecule has 0 aromatic carbocycles. The second-order valence-electron chi connectivity index (χ2n) is 4.86. The maximum atomic E-state index is 12.5. The molecule has 106 valence electrons. The van der Waals surface area contributed by atoms with E-state index in [1.165, 1.54) is 0 Å². The standard InChI is InChI=1S/C12H19ClF3NO/c1-2-10(7-13)17-11(18)8-3-5-9(6-4-8)12(14,15)16/h8-10H,2-7H2,1H3,(H,17,18). The van der Waals surface area contributed by atoms with Crippen LogP contribution in [-0.4, -0.2) is 24.0 Å². The zero-order valence-electron chi connectivity index (χ0n) is 10.4. The molecule has 0 radical (unpaired) electrons. The summed E-state index contributed by atoms with van der Waals surface area (Å²) in [6.45, 7) is 1.91. The van der Waals surface area contributed by atoms with Gasteiger partial charge in [-0.25, -0.2) is 0 Å². The molecule has 1 aliphatic carbocycles. The van der Waals surface area contributed by atoms with Gasteiger partial charge >= 0.3 is 6.18 Å². The molecule has 0 heterocycles. The summed E-state index contributed by atoms with van der Waals surface area (Å²) < 4.78 is 37.4. The second kappa shape index (κ2) is 6.64. The number of hydrogen-bond donors (Lipinski definition) is 1. The van der Waals surface area contributed by atoms with E-state index in [4.69, 9.17) is 11.6 Å². The molecule has 0 bridgehead atoms. The van der Waals surface area contributed by atoms with Crippen LogP contribution in [0.4, 0.5) is 13.2 Å². The van der Waals surface area contributed by atoms with Gasteiger partial charge in [0.2, 0.25) is 5.91 Å². The summed E-state index contributed by atoms with van der Waals surface area (Å²) in [4.78, 5) is 11.8. The first kappa shape index (κ1) is 15.6. The van der Waals surface area contributed by atoms with Crippen molar-refractivity contribution in [3.8, 4) is 0 Å². The molecule has 0 saturated heterocycles. The van der Waals surface area contributed by atoms with Crippen LogP contribution < -0.4 is 5.32 Å². The summed E-state index contributed by atoms with van der Waals surface area (Å²) in [6, 6.07) is -0.0838. The average Bonchev–Trinajstić information content (AvgIpc) is 2.34. The van der Waals surface area contributed by atoms with E-state index in [0.717, 1.165) is 6.42 Å². The fourth-order valence-electron chi connectivity index (χ4n) is 2.25. The Hall–Kier alpha value is -0.450. The zero-order chi connectivity index (χ0) is 13.8. The number of halogens is 4. The molecule has 0 aliphatic heterocycles. The minimum absolute atomic E-state index is 0.0548. The summed E-state index contributed by atoms with van der Waals surface area (Å²) >= 11 is 5.67. The van der Waals surface area contributed by atoms with E-state index in [0.29, 0.717) is 18.7 Å².